The highest BCUT2D eigenvalue weighted by atomic mass is 79.9. The second-order valence-corrected chi connectivity index (χ2v) is 4.87. The third-order valence-electron chi connectivity index (χ3n) is 2.86. The summed E-state index contributed by atoms with van der Waals surface area (Å²) in [5.74, 6) is 0.0389. The fourth-order valence-electron chi connectivity index (χ4n) is 1.97. The molecule has 0 atom stereocenters. The van der Waals surface area contributed by atoms with Gasteiger partial charge in [-0.2, -0.15) is 5.10 Å². The highest BCUT2D eigenvalue weighted by molar-refractivity contribution is 9.09. The zero-order chi connectivity index (χ0) is 14.7. The molecule has 21 heavy (non-hydrogen) atoms. The molecular formula is C14H15Br2N3O2. The average molecular weight is 417 g/mol. The molecule has 5 nitrogen and oxygen atoms in total. The maximum absolute atomic E-state index is 12.6. The lowest BCUT2D eigenvalue weighted by molar-refractivity contribution is -0.113. The third kappa shape index (κ3) is 3.79. The molecule has 0 aliphatic heterocycles. The molecule has 7 heteroatoms. The number of alkyl halides is 1. The number of benzene rings is 1. The zero-order valence-corrected chi connectivity index (χ0v) is 14.9. The van der Waals surface area contributed by atoms with E-state index in [1.165, 1.54) is 4.68 Å². The Morgan fingerprint density at radius 3 is 2.48 bits per heavy atom. The molecule has 0 saturated carbocycles. The largest absolute Gasteiger partial charge is 0.310 e. The number of carbonyl (C=O) groups excluding carboxylic acids is 2. The van der Waals surface area contributed by atoms with Gasteiger partial charge < -0.3 is 5.32 Å². The first kappa shape index (κ1) is 17.6. The van der Waals surface area contributed by atoms with E-state index in [-0.39, 0.29) is 34.0 Å². The molecule has 1 N–H and O–H groups in total. The van der Waals surface area contributed by atoms with Crippen LogP contribution < -0.4 is 5.32 Å². The summed E-state index contributed by atoms with van der Waals surface area (Å²) in [6.07, 6.45) is 0. The van der Waals surface area contributed by atoms with Crippen LogP contribution in [0.1, 0.15) is 21.6 Å². The van der Waals surface area contributed by atoms with E-state index in [0.29, 0.717) is 22.6 Å². The van der Waals surface area contributed by atoms with Gasteiger partial charge in [-0.05, 0) is 6.92 Å². The number of aromatic nitrogens is 2. The predicted molar refractivity (Wildman–Crippen MR) is 90.6 cm³/mol. The van der Waals surface area contributed by atoms with Crippen LogP contribution in [0.25, 0.3) is 0 Å². The average Bonchev–Trinajstić information content (AvgIpc) is 2.73. The Kier molecular flexibility index (Phi) is 6.29. The minimum Gasteiger partial charge on any atom is -0.310 e. The first-order valence-corrected chi connectivity index (χ1v) is 7.16. The number of hydrogen-bond donors (Lipinski definition) is 1. The summed E-state index contributed by atoms with van der Waals surface area (Å²) in [5.41, 5.74) is 1.58. The zero-order valence-electron chi connectivity index (χ0n) is 11.6. The first-order valence-electron chi connectivity index (χ1n) is 6.03. The van der Waals surface area contributed by atoms with Crippen molar-refractivity contribution in [2.45, 2.75) is 6.92 Å². The topological polar surface area (TPSA) is 64.0 Å². The number of aryl methyl sites for hydroxylation is 2. The van der Waals surface area contributed by atoms with Gasteiger partial charge in [-0.3, -0.25) is 14.3 Å². The smallest absolute Gasteiger partial charge is 0.236 e. The number of amides is 1. The Balaban J connectivity index is 0.00000220. The SMILES string of the molecule is Br.Cc1nn(C)c(NC(=O)CBr)c1C(=O)c1ccccc1. The van der Waals surface area contributed by atoms with Gasteiger partial charge in [0.1, 0.15) is 5.82 Å². The van der Waals surface area contributed by atoms with Crippen molar-refractivity contribution in [2.24, 2.45) is 7.05 Å². The molecule has 0 radical (unpaired) electrons. The molecule has 0 fully saturated rings. The normalized spacial score (nSPS) is 9.86. The molecule has 112 valence electrons. The standard InChI is InChI=1S/C14H14BrN3O2.BrH/c1-9-12(13(20)10-6-4-3-5-7-10)14(18(2)17-9)16-11(19)8-15;/h3-7H,8H2,1-2H3,(H,16,19);1H. The number of carbonyl (C=O) groups is 2. The second-order valence-electron chi connectivity index (χ2n) is 4.31. The van der Waals surface area contributed by atoms with Crippen molar-refractivity contribution in [3.63, 3.8) is 0 Å². The Hall–Kier alpha value is -1.47. The van der Waals surface area contributed by atoms with E-state index in [1.54, 1.807) is 38.2 Å². The van der Waals surface area contributed by atoms with E-state index in [2.05, 4.69) is 26.3 Å². The summed E-state index contributed by atoms with van der Waals surface area (Å²) in [7, 11) is 1.69. The van der Waals surface area contributed by atoms with Gasteiger partial charge in [-0.1, -0.05) is 46.3 Å². The lowest BCUT2D eigenvalue weighted by Gasteiger charge is -2.07. The van der Waals surface area contributed by atoms with Crippen molar-refractivity contribution in [1.82, 2.24) is 9.78 Å². The minimum atomic E-state index is -0.227. The lowest BCUT2D eigenvalue weighted by atomic mass is 10.0. The number of anilines is 1. The van der Waals surface area contributed by atoms with Crippen LogP contribution in [0.3, 0.4) is 0 Å². The van der Waals surface area contributed by atoms with E-state index >= 15 is 0 Å². The molecule has 1 amide bonds. The van der Waals surface area contributed by atoms with Crippen LogP contribution in [-0.2, 0) is 11.8 Å². The molecule has 0 aliphatic carbocycles. The number of ketones is 1. The highest BCUT2D eigenvalue weighted by Crippen LogP contribution is 2.22. The Morgan fingerprint density at radius 1 is 1.29 bits per heavy atom. The Bertz CT molecular complexity index is 654. The summed E-state index contributed by atoms with van der Waals surface area (Å²) in [6, 6.07) is 8.93. The van der Waals surface area contributed by atoms with Crippen molar-refractivity contribution in [1.29, 1.82) is 0 Å². The van der Waals surface area contributed by atoms with E-state index in [4.69, 9.17) is 0 Å². The third-order valence-corrected chi connectivity index (χ3v) is 3.37. The second kappa shape index (κ2) is 7.51. The molecule has 2 aromatic rings. The van der Waals surface area contributed by atoms with E-state index in [1.807, 2.05) is 6.07 Å². The molecule has 2 rings (SSSR count). The van der Waals surface area contributed by atoms with Gasteiger partial charge in [0.25, 0.3) is 0 Å². The fourth-order valence-corrected chi connectivity index (χ4v) is 2.11. The first-order chi connectivity index (χ1) is 9.54. The maximum atomic E-state index is 12.6. The number of hydrogen-bond acceptors (Lipinski definition) is 3. The van der Waals surface area contributed by atoms with Gasteiger partial charge in [0.15, 0.2) is 5.78 Å². The molecule has 1 heterocycles. The fraction of sp³-hybridized carbons (Fsp3) is 0.214. The van der Waals surface area contributed by atoms with Crippen molar-refractivity contribution in [2.75, 3.05) is 10.6 Å². The maximum Gasteiger partial charge on any atom is 0.236 e. The minimum absolute atomic E-state index is 0. The van der Waals surface area contributed by atoms with Gasteiger partial charge >= 0.3 is 0 Å². The Labute approximate surface area is 141 Å². The van der Waals surface area contributed by atoms with Crippen LogP contribution in [0, 0.1) is 6.92 Å². The number of nitrogens with zero attached hydrogens (tertiary/aromatic N) is 2. The molecule has 0 saturated heterocycles. The monoisotopic (exact) mass is 415 g/mol. The molecule has 0 aliphatic rings. The van der Waals surface area contributed by atoms with Gasteiger partial charge in [-0.25, -0.2) is 0 Å². The highest BCUT2D eigenvalue weighted by Gasteiger charge is 2.22. The molecule has 1 aromatic heterocycles. The number of halogens is 2. The van der Waals surface area contributed by atoms with Crippen LogP contribution in [0.2, 0.25) is 0 Å². The summed E-state index contributed by atoms with van der Waals surface area (Å²) in [4.78, 5) is 24.1. The predicted octanol–water partition coefficient (Wildman–Crippen LogP) is 2.87. The van der Waals surface area contributed by atoms with Gasteiger partial charge in [-0.15, -0.1) is 17.0 Å². The van der Waals surface area contributed by atoms with Crippen LogP contribution >= 0.6 is 32.9 Å². The van der Waals surface area contributed by atoms with Crippen LogP contribution in [0.4, 0.5) is 5.82 Å². The van der Waals surface area contributed by atoms with Crippen molar-refractivity contribution >= 4 is 50.4 Å². The molecule has 0 bridgehead atoms. The summed E-state index contributed by atoms with van der Waals surface area (Å²) in [6.45, 7) is 1.75. The summed E-state index contributed by atoms with van der Waals surface area (Å²) >= 11 is 3.08. The molecule has 0 spiro atoms. The van der Waals surface area contributed by atoms with Gasteiger partial charge in [0.2, 0.25) is 5.91 Å². The molecule has 0 unspecified atom stereocenters. The van der Waals surface area contributed by atoms with E-state index in [9.17, 15) is 9.59 Å². The molecular weight excluding hydrogens is 402 g/mol. The van der Waals surface area contributed by atoms with Crippen molar-refractivity contribution in [3.05, 3.63) is 47.2 Å². The van der Waals surface area contributed by atoms with Crippen LogP contribution in [0.15, 0.2) is 30.3 Å². The van der Waals surface area contributed by atoms with E-state index < -0.39 is 0 Å². The molecule has 1 aromatic carbocycles. The summed E-state index contributed by atoms with van der Waals surface area (Å²) < 4.78 is 1.51. The Morgan fingerprint density at radius 2 is 1.90 bits per heavy atom. The van der Waals surface area contributed by atoms with Crippen molar-refractivity contribution in [3.8, 4) is 0 Å². The quantitative estimate of drug-likeness (QED) is 0.615. The lowest BCUT2D eigenvalue weighted by Crippen LogP contribution is -2.17. The van der Waals surface area contributed by atoms with Crippen LogP contribution in [0.5, 0.6) is 0 Å². The van der Waals surface area contributed by atoms with Crippen LogP contribution in [-0.4, -0.2) is 26.8 Å². The van der Waals surface area contributed by atoms with Gasteiger partial charge in [0.05, 0.1) is 16.6 Å². The number of nitrogens with one attached hydrogen (secondary N) is 1. The summed E-state index contributed by atoms with van der Waals surface area (Å²) in [5, 5.41) is 7.07. The van der Waals surface area contributed by atoms with E-state index in [0.717, 1.165) is 0 Å². The van der Waals surface area contributed by atoms with Crippen molar-refractivity contribution < 1.29 is 9.59 Å². The van der Waals surface area contributed by atoms with Gasteiger partial charge in [0, 0.05) is 12.6 Å². The number of rotatable bonds is 4.